The Morgan fingerprint density at radius 2 is 0.513 bits per heavy atom. The van der Waals surface area contributed by atoms with Gasteiger partial charge in [0.25, 0.3) is 0 Å². The van der Waals surface area contributed by atoms with E-state index in [1.54, 1.807) is 0 Å². The summed E-state index contributed by atoms with van der Waals surface area (Å²) in [5.74, 6) is 2.55. The maximum absolute atomic E-state index is 6.51. The van der Waals surface area contributed by atoms with E-state index in [-0.39, 0.29) is 0 Å². The molecule has 25 rings (SSSR count). The van der Waals surface area contributed by atoms with Gasteiger partial charge in [-0.2, -0.15) is 9.97 Å². The van der Waals surface area contributed by atoms with Gasteiger partial charge in [-0.1, -0.05) is 303 Å². The van der Waals surface area contributed by atoms with Gasteiger partial charge in [-0.25, -0.2) is 15.0 Å². The zero-order chi connectivity index (χ0) is 78.4. The number of hydrogen-bond donors (Lipinski definition) is 0. The van der Waals surface area contributed by atoms with Gasteiger partial charge in [-0.05, 0) is 153 Å². The van der Waals surface area contributed by atoms with Crippen molar-refractivity contribution in [3.8, 4) is 85.1 Å². The molecule has 0 aliphatic heterocycles. The minimum atomic E-state index is 0.569. The van der Waals surface area contributed by atoms with Crippen molar-refractivity contribution in [3.05, 3.63) is 413 Å². The van der Waals surface area contributed by atoms with Crippen LogP contribution in [0.25, 0.3) is 227 Å². The third-order valence-electron chi connectivity index (χ3n) is 23.3. The average Bonchev–Trinajstić information content (AvgIpc) is 1.58. The molecule has 10 heteroatoms. The van der Waals surface area contributed by atoms with E-state index in [1.165, 1.54) is 76.2 Å². The number of aromatic nitrogens is 8. The van der Waals surface area contributed by atoms with Crippen molar-refractivity contribution in [2.45, 2.75) is 0 Å². The second-order valence-electron chi connectivity index (χ2n) is 30.1. The highest BCUT2D eigenvalue weighted by Crippen LogP contribution is 2.45. The van der Waals surface area contributed by atoms with Crippen LogP contribution in [0.15, 0.2) is 421 Å². The maximum Gasteiger partial charge on any atom is 0.238 e. The average molecular weight is 1520 g/mol. The predicted octanol–water partition coefficient (Wildman–Crippen LogP) is 28.6. The van der Waals surface area contributed by atoms with Crippen molar-refractivity contribution in [1.82, 2.24) is 38.6 Å². The van der Waals surface area contributed by atoms with Crippen LogP contribution >= 0.6 is 0 Å². The zero-order valence-electron chi connectivity index (χ0n) is 64.2. The van der Waals surface area contributed by atoms with Crippen LogP contribution in [0, 0.1) is 0 Å². The van der Waals surface area contributed by atoms with Crippen molar-refractivity contribution in [2.24, 2.45) is 0 Å². The van der Waals surface area contributed by atoms with Crippen molar-refractivity contribution in [1.29, 1.82) is 0 Å². The Balaban J connectivity index is 0.000000105. The number of para-hydroxylation sites is 6. The van der Waals surface area contributed by atoms with E-state index in [0.717, 1.165) is 127 Å². The van der Waals surface area contributed by atoms with Gasteiger partial charge in [0.05, 0.1) is 55.3 Å². The summed E-state index contributed by atoms with van der Waals surface area (Å²) in [6.07, 6.45) is 0. The van der Waals surface area contributed by atoms with Crippen molar-refractivity contribution < 1.29 is 8.83 Å². The molecule has 119 heavy (non-hydrogen) atoms. The van der Waals surface area contributed by atoms with Gasteiger partial charge in [0, 0.05) is 82.3 Å². The third-order valence-corrected chi connectivity index (χ3v) is 23.3. The van der Waals surface area contributed by atoms with E-state index < -0.39 is 0 Å². The van der Waals surface area contributed by atoms with Crippen LogP contribution in [0.1, 0.15) is 0 Å². The highest BCUT2D eigenvalue weighted by molar-refractivity contribution is 6.27. The van der Waals surface area contributed by atoms with Gasteiger partial charge in [0.2, 0.25) is 5.95 Å². The Kier molecular flexibility index (Phi) is 16.3. The number of nitrogens with zero attached hydrogens (tertiary/aromatic N) is 8. The van der Waals surface area contributed by atoms with Crippen LogP contribution in [0.3, 0.4) is 0 Å². The van der Waals surface area contributed by atoms with Crippen LogP contribution in [-0.2, 0) is 0 Å². The first-order chi connectivity index (χ1) is 59.0. The Morgan fingerprint density at radius 3 is 1.01 bits per heavy atom. The second kappa shape index (κ2) is 28.4. The van der Waals surface area contributed by atoms with E-state index in [4.69, 9.17) is 33.8 Å². The van der Waals surface area contributed by atoms with Gasteiger partial charge in [0.1, 0.15) is 22.3 Å². The smallest absolute Gasteiger partial charge is 0.238 e. The molecule has 18 aromatic carbocycles. The molecule has 0 atom stereocenters. The minimum Gasteiger partial charge on any atom is -0.455 e. The normalized spacial score (nSPS) is 11.7. The Hall–Kier alpha value is -16.2. The molecule has 7 heterocycles. The van der Waals surface area contributed by atoms with E-state index in [0.29, 0.717) is 23.4 Å². The lowest BCUT2D eigenvalue weighted by molar-refractivity contribution is 0.672. The first kappa shape index (κ1) is 68.4. The molecule has 0 bridgehead atoms. The molecule has 0 fully saturated rings. The van der Waals surface area contributed by atoms with Crippen molar-refractivity contribution in [3.63, 3.8) is 0 Å². The molecule has 0 unspecified atom stereocenters. The monoisotopic (exact) mass is 1520 g/mol. The number of benzene rings is 18. The molecule has 0 aliphatic rings. The molecular weight excluding hydrogens is 1450 g/mol. The number of furan rings is 2. The predicted molar refractivity (Wildman–Crippen MR) is 491 cm³/mol. The molecule has 0 N–H and O–H groups in total. The summed E-state index contributed by atoms with van der Waals surface area (Å²) in [7, 11) is 0. The van der Waals surface area contributed by atoms with Crippen LogP contribution < -0.4 is 0 Å². The molecule has 0 saturated carbocycles. The van der Waals surface area contributed by atoms with Gasteiger partial charge >= 0.3 is 0 Å². The minimum absolute atomic E-state index is 0.569. The summed E-state index contributed by atoms with van der Waals surface area (Å²) in [5, 5.41) is 19.3. The topological polar surface area (TPSA) is 106 Å². The molecule has 556 valence electrons. The quantitative estimate of drug-likeness (QED) is 0.133. The fraction of sp³-hybridized carbons (Fsp3) is 0. The lowest BCUT2D eigenvalue weighted by Gasteiger charge is -2.13. The Labute approximate surface area is 682 Å². The fourth-order valence-corrected chi connectivity index (χ4v) is 17.8. The van der Waals surface area contributed by atoms with Gasteiger partial charge < -0.3 is 18.0 Å². The SMILES string of the molecule is c1cc(-c2ccc3c4ccccc4c4ccccc4c3c2)cc(-n2c3ccccc3c3c4oc5ccccc5c4ccc32)c1.c1ccc(-c2cc(-c3ccccc3)nc(-c3ccc(-n4c5ccccc5c5ccccc54)cc3)n2)cc1.c1ccc(-c2nc(-c3ccccc3)nc(-n3c4ccccc4c4c5oc6ccccc6c5ccc43)n2)cc1. The van der Waals surface area contributed by atoms with E-state index in [1.807, 2.05) is 127 Å². The third kappa shape index (κ3) is 11.7. The largest absolute Gasteiger partial charge is 0.455 e. The van der Waals surface area contributed by atoms with Gasteiger partial charge in [0.15, 0.2) is 17.5 Å². The van der Waals surface area contributed by atoms with Crippen LogP contribution in [0.4, 0.5) is 0 Å². The summed E-state index contributed by atoms with van der Waals surface area (Å²) in [6.45, 7) is 0. The molecule has 0 amide bonds. The number of fused-ring (bicyclic) bond motifs is 23. The second-order valence-corrected chi connectivity index (χ2v) is 30.1. The van der Waals surface area contributed by atoms with E-state index >= 15 is 0 Å². The highest BCUT2D eigenvalue weighted by Gasteiger charge is 2.24. The van der Waals surface area contributed by atoms with E-state index in [9.17, 15) is 0 Å². The Bertz CT molecular complexity index is 8090. The van der Waals surface area contributed by atoms with E-state index in [2.05, 4.69) is 299 Å². The van der Waals surface area contributed by atoms with Crippen molar-refractivity contribution in [2.75, 3.05) is 0 Å². The lowest BCUT2D eigenvalue weighted by Crippen LogP contribution is -2.06. The molecule has 0 radical (unpaired) electrons. The van der Waals surface area contributed by atoms with Crippen molar-refractivity contribution >= 4 is 142 Å². The summed E-state index contributed by atoms with van der Waals surface area (Å²) in [4.78, 5) is 24.8. The van der Waals surface area contributed by atoms with Crippen LogP contribution in [-0.4, -0.2) is 38.6 Å². The molecule has 0 saturated heterocycles. The number of hydrogen-bond acceptors (Lipinski definition) is 7. The summed E-state index contributed by atoms with van der Waals surface area (Å²) >= 11 is 0. The highest BCUT2D eigenvalue weighted by atomic mass is 16.3. The molecule has 7 aromatic heterocycles. The molecule has 0 aliphatic carbocycles. The zero-order valence-corrected chi connectivity index (χ0v) is 64.2. The lowest BCUT2D eigenvalue weighted by atomic mass is 9.92. The maximum atomic E-state index is 6.51. The molecule has 10 nitrogen and oxygen atoms in total. The van der Waals surface area contributed by atoms with Gasteiger partial charge in [-0.15, -0.1) is 0 Å². The van der Waals surface area contributed by atoms with Crippen LogP contribution in [0.2, 0.25) is 0 Å². The summed E-state index contributed by atoms with van der Waals surface area (Å²) < 4.78 is 19.8. The van der Waals surface area contributed by atoms with Gasteiger partial charge in [-0.3, -0.25) is 4.57 Å². The summed E-state index contributed by atoms with van der Waals surface area (Å²) in [6, 6.07) is 144. The molecule has 25 aromatic rings. The molecular formula is C109H68N8O2. The standard InChI is InChI=1S/C42H25NO.C34H23N3.C33H20N4O/c1-2-14-31-29(12-1)30-13-3-4-15-32(30)37-25-27(20-21-33(31)37)26-10-9-11-28(24-26)43-38-18-7-5-17-36(38)41-39(43)23-22-35-34-16-6-8-19-40(34)44-42(35)41;1-3-11-24(12-4-1)30-23-31(25-13-5-2-6-14-25)36-34(35-30)26-19-21-27(22-20-26)37-32-17-9-7-15-28(32)29-16-8-10-18-33(29)37;1-3-11-21(12-4-1)31-34-32(22-13-5-2-6-14-22)36-33(35-31)37-26-17-9-7-16-25(26)29-27(37)20-19-24-23-15-8-10-18-28(23)38-30(24)29/h1-25H;1-23H;1-20H. The summed E-state index contributed by atoms with van der Waals surface area (Å²) in [5.41, 5.74) is 21.8. The fourth-order valence-electron chi connectivity index (χ4n) is 17.8. The first-order valence-corrected chi connectivity index (χ1v) is 40.1. The first-order valence-electron chi connectivity index (χ1n) is 40.1. The number of rotatable bonds is 9. The van der Waals surface area contributed by atoms with Crippen LogP contribution in [0.5, 0.6) is 0 Å². The molecule has 0 spiro atoms. The Morgan fingerprint density at radius 1 is 0.176 bits per heavy atom.